The predicted molar refractivity (Wildman–Crippen MR) is 96.1 cm³/mol. The van der Waals surface area contributed by atoms with Gasteiger partial charge in [-0.2, -0.15) is 0 Å². The van der Waals surface area contributed by atoms with Crippen LogP contribution in [0.15, 0.2) is 42.0 Å². The molecule has 0 N–H and O–H groups in total. The number of benzene rings is 1. The molecule has 3 nitrogen and oxygen atoms in total. The van der Waals surface area contributed by atoms with Crippen LogP contribution in [0.3, 0.4) is 0 Å². The Hall–Kier alpha value is -1.16. The molecular weight excluding hydrogens is 312 g/mol. The number of hydrogen-bond donors (Lipinski definition) is 0. The summed E-state index contributed by atoms with van der Waals surface area (Å²) >= 11 is 0. The Balaban J connectivity index is 1.61. The topological polar surface area (TPSA) is 31.0 Å². The third kappa shape index (κ3) is 1.87. The molecule has 0 aromatic heterocycles. The van der Waals surface area contributed by atoms with Gasteiger partial charge >= 0.3 is 0 Å². The lowest BCUT2D eigenvalue weighted by atomic mass is 9.50. The molecule has 1 aromatic rings. The van der Waals surface area contributed by atoms with E-state index < -0.39 is 0 Å². The molecule has 5 rings (SSSR count). The van der Waals surface area contributed by atoms with Crippen LogP contribution in [0.4, 0.5) is 0 Å². The smallest absolute Gasteiger partial charge is 0.184 e. The minimum atomic E-state index is -0.307. The van der Waals surface area contributed by atoms with Crippen LogP contribution in [0.5, 0.6) is 0 Å². The van der Waals surface area contributed by atoms with Crippen molar-refractivity contribution in [3.05, 3.63) is 47.5 Å². The van der Waals surface area contributed by atoms with Gasteiger partial charge in [0, 0.05) is 11.0 Å². The van der Waals surface area contributed by atoms with E-state index in [1.807, 2.05) is 18.2 Å². The molecule has 4 aliphatic rings. The Morgan fingerprint density at radius 2 is 1.80 bits per heavy atom. The first-order chi connectivity index (χ1) is 11.8. The van der Waals surface area contributed by atoms with Gasteiger partial charge in [-0.25, -0.2) is 0 Å². The quantitative estimate of drug-likeness (QED) is 0.544. The Kier molecular flexibility index (Phi) is 3.06. The van der Waals surface area contributed by atoms with Crippen molar-refractivity contribution in [3.63, 3.8) is 0 Å². The zero-order valence-electron chi connectivity index (χ0n) is 15.7. The highest BCUT2D eigenvalue weighted by Crippen LogP contribution is 2.72. The minimum Gasteiger partial charge on any atom is -0.359 e. The van der Waals surface area contributed by atoms with Gasteiger partial charge in [-0.3, -0.25) is 0 Å². The molecule has 0 bridgehead atoms. The molecule has 25 heavy (non-hydrogen) atoms. The fraction of sp³-hybridized carbons (Fsp3) is 0.636. The van der Waals surface area contributed by atoms with Gasteiger partial charge in [0.15, 0.2) is 6.29 Å². The molecule has 0 radical (unpaired) electrons. The molecule has 3 fully saturated rings. The molecule has 3 heteroatoms. The summed E-state index contributed by atoms with van der Waals surface area (Å²) in [6, 6.07) is 10.3. The van der Waals surface area contributed by atoms with E-state index in [4.69, 9.17) is 14.2 Å². The van der Waals surface area contributed by atoms with Crippen molar-refractivity contribution in [3.8, 4) is 0 Å². The van der Waals surface area contributed by atoms with E-state index in [1.54, 1.807) is 0 Å². The zero-order chi connectivity index (χ0) is 17.5. The summed E-state index contributed by atoms with van der Waals surface area (Å²) in [5.74, 6) is 0. The number of hydrogen-bond acceptors (Lipinski definition) is 3. The summed E-state index contributed by atoms with van der Waals surface area (Å²) < 4.78 is 19.5. The fourth-order valence-electron chi connectivity index (χ4n) is 5.98. The molecule has 134 valence electrons. The summed E-state index contributed by atoms with van der Waals surface area (Å²) in [4.78, 5) is 0. The number of epoxide rings is 1. The highest BCUT2D eigenvalue weighted by Gasteiger charge is 2.80. The lowest BCUT2D eigenvalue weighted by molar-refractivity contribution is -0.177. The van der Waals surface area contributed by atoms with Gasteiger partial charge in [0.05, 0.1) is 12.7 Å². The first-order valence-corrected chi connectivity index (χ1v) is 9.56. The normalized spacial score (nSPS) is 47.1. The molecule has 1 aromatic carbocycles. The lowest BCUT2D eigenvalue weighted by Crippen LogP contribution is -2.58. The van der Waals surface area contributed by atoms with Crippen LogP contribution in [-0.4, -0.2) is 23.9 Å². The van der Waals surface area contributed by atoms with Crippen molar-refractivity contribution in [1.82, 2.24) is 0 Å². The fourth-order valence-corrected chi connectivity index (χ4v) is 5.98. The van der Waals surface area contributed by atoms with Crippen LogP contribution in [0.25, 0.3) is 0 Å². The molecule has 0 amide bonds. The second-order valence-corrected chi connectivity index (χ2v) is 9.29. The number of ether oxygens (including phenoxy) is 3. The Morgan fingerprint density at radius 1 is 1.04 bits per heavy atom. The maximum atomic E-state index is 6.63. The summed E-state index contributed by atoms with van der Waals surface area (Å²) in [5.41, 5.74) is 2.32. The van der Waals surface area contributed by atoms with E-state index in [1.165, 1.54) is 5.57 Å². The second kappa shape index (κ2) is 4.76. The van der Waals surface area contributed by atoms with Crippen LogP contribution in [0.2, 0.25) is 0 Å². The Bertz CT molecular complexity index is 739. The summed E-state index contributed by atoms with van der Waals surface area (Å²) in [5, 5.41) is 0. The van der Waals surface area contributed by atoms with Crippen molar-refractivity contribution in [2.75, 3.05) is 6.61 Å². The molecule has 2 saturated heterocycles. The van der Waals surface area contributed by atoms with Gasteiger partial charge in [0.1, 0.15) is 11.2 Å². The molecule has 2 unspecified atom stereocenters. The Labute approximate surface area is 150 Å². The monoisotopic (exact) mass is 340 g/mol. The molecule has 2 aliphatic heterocycles. The zero-order valence-corrected chi connectivity index (χ0v) is 15.7. The van der Waals surface area contributed by atoms with Crippen LogP contribution < -0.4 is 0 Å². The standard InChI is InChI=1S/C22H28O3/c1-19(2)12-11-17-21(4)16(19)10-13-20(3)22(21,25-20)14-23-18(24-17)15-8-6-5-7-9-15/h5-10,17-18H,11-14H2,1-4H3/t17-,18?,20+,21+,22?/m0/s1. The maximum absolute atomic E-state index is 6.63. The molecule has 1 saturated carbocycles. The van der Waals surface area contributed by atoms with Crippen LogP contribution in [0, 0.1) is 10.8 Å². The molecule has 1 spiro atoms. The van der Waals surface area contributed by atoms with E-state index in [2.05, 4.69) is 45.9 Å². The third-order valence-electron chi connectivity index (χ3n) is 7.51. The van der Waals surface area contributed by atoms with Gasteiger partial charge in [0.2, 0.25) is 0 Å². The van der Waals surface area contributed by atoms with E-state index in [0.29, 0.717) is 6.61 Å². The SMILES string of the molecule is CC1(C)CC[C@@H]2OC(c3ccccc3)OCC34O[C@]3(C)CC=C1[C@]24C. The highest BCUT2D eigenvalue weighted by atomic mass is 16.7. The van der Waals surface area contributed by atoms with E-state index in [-0.39, 0.29) is 34.4 Å². The highest BCUT2D eigenvalue weighted by molar-refractivity contribution is 5.43. The summed E-state index contributed by atoms with van der Waals surface area (Å²) in [6.07, 6.45) is 5.44. The van der Waals surface area contributed by atoms with E-state index in [0.717, 1.165) is 24.8 Å². The molecule has 5 atom stereocenters. The molecular formula is C22H28O3. The van der Waals surface area contributed by atoms with Gasteiger partial charge in [-0.1, -0.05) is 62.8 Å². The van der Waals surface area contributed by atoms with Crippen LogP contribution >= 0.6 is 0 Å². The van der Waals surface area contributed by atoms with Crippen molar-refractivity contribution >= 4 is 0 Å². The third-order valence-corrected chi connectivity index (χ3v) is 7.51. The van der Waals surface area contributed by atoms with Crippen molar-refractivity contribution < 1.29 is 14.2 Å². The summed E-state index contributed by atoms with van der Waals surface area (Å²) in [7, 11) is 0. The molecule has 2 heterocycles. The second-order valence-electron chi connectivity index (χ2n) is 9.29. The minimum absolute atomic E-state index is 0.119. The average molecular weight is 340 g/mol. The lowest BCUT2D eigenvalue weighted by Gasteiger charge is -2.54. The first kappa shape index (κ1) is 16.0. The first-order valence-electron chi connectivity index (χ1n) is 9.56. The number of rotatable bonds is 1. The largest absolute Gasteiger partial charge is 0.359 e. The van der Waals surface area contributed by atoms with Crippen LogP contribution in [0.1, 0.15) is 58.8 Å². The predicted octanol–water partition coefficient (Wildman–Crippen LogP) is 4.78. The van der Waals surface area contributed by atoms with Crippen molar-refractivity contribution in [1.29, 1.82) is 0 Å². The molecule has 2 aliphatic carbocycles. The van der Waals surface area contributed by atoms with Crippen molar-refractivity contribution in [2.45, 2.75) is 70.6 Å². The summed E-state index contributed by atoms with van der Waals surface area (Å²) in [6.45, 7) is 9.96. The van der Waals surface area contributed by atoms with Crippen molar-refractivity contribution in [2.24, 2.45) is 10.8 Å². The van der Waals surface area contributed by atoms with Gasteiger partial charge in [-0.15, -0.1) is 0 Å². The van der Waals surface area contributed by atoms with Gasteiger partial charge < -0.3 is 14.2 Å². The van der Waals surface area contributed by atoms with E-state index in [9.17, 15) is 0 Å². The average Bonchev–Trinajstić information content (AvgIpc) is 3.24. The van der Waals surface area contributed by atoms with Gasteiger partial charge in [0.25, 0.3) is 0 Å². The van der Waals surface area contributed by atoms with E-state index >= 15 is 0 Å². The van der Waals surface area contributed by atoms with Crippen LogP contribution in [-0.2, 0) is 14.2 Å². The van der Waals surface area contributed by atoms with Gasteiger partial charge in [-0.05, 0) is 31.6 Å². The maximum Gasteiger partial charge on any atom is 0.184 e. The Morgan fingerprint density at radius 3 is 2.56 bits per heavy atom.